The molecule has 0 bridgehead atoms. The van der Waals surface area contributed by atoms with Gasteiger partial charge in [-0.2, -0.15) is 0 Å². The van der Waals surface area contributed by atoms with Gasteiger partial charge in [-0.15, -0.1) is 0 Å². The average Bonchev–Trinajstić information content (AvgIpc) is 3.17. The molecular formula is C26H34Cl2N4O4. The fourth-order valence-electron chi connectivity index (χ4n) is 4.36. The van der Waals surface area contributed by atoms with Crippen LogP contribution in [0.2, 0.25) is 10.0 Å². The van der Waals surface area contributed by atoms with Crippen LogP contribution >= 0.6 is 23.2 Å². The van der Waals surface area contributed by atoms with Crippen molar-refractivity contribution < 1.29 is 19.4 Å². The van der Waals surface area contributed by atoms with Crippen molar-refractivity contribution in [1.29, 1.82) is 5.41 Å². The molecule has 1 aliphatic carbocycles. The largest absolute Gasteiger partial charge is 0.458 e. The lowest BCUT2D eigenvalue weighted by atomic mass is 9.84. The summed E-state index contributed by atoms with van der Waals surface area (Å²) in [5.74, 6) is 0.182. The third kappa shape index (κ3) is 8.25. The highest BCUT2D eigenvalue weighted by Crippen LogP contribution is 2.34. The number of nitrogens with zero attached hydrogens (tertiary/aromatic N) is 1. The molecule has 1 aromatic rings. The standard InChI is InChI=1S/C26H34Cl2N4O4/c1-26(2,35)16-30-12-11-22(29)31-25(34)20(13-17-7-4-3-5-8-17)32-15-18(14-23(32)33)36-21-10-6-9-19(27)24(21)28/h6,9-12,14,17,20,30,35H,3-5,7-8,13,15-16H2,1-2H3,(H2,29,31,34)/b12-11-/t20-/m0/s1. The van der Waals surface area contributed by atoms with Crippen LogP contribution < -0.4 is 15.4 Å². The van der Waals surface area contributed by atoms with Gasteiger partial charge in [0.15, 0.2) is 0 Å². The highest BCUT2D eigenvalue weighted by Gasteiger charge is 2.36. The van der Waals surface area contributed by atoms with Crippen LogP contribution in [0.1, 0.15) is 52.4 Å². The van der Waals surface area contributed by atoms with E-state index in [1.807, 2.05) is 0 Å². The predicted octanol–water partition coefficient (Wildman–Crippen LogP) is 4.40. The number of hydrogen-bond acceptors (Lipinski definition) is 6. The molecule has 2 amide bonds. The van der Waals surface area contributed by atoms with E-state index >= 15 is 0 Å². The molecule has 196 valence electrons. The molecule has 0 spiro atoms. The second-order valence-corrected chi connectivity index (χ2v) is 10.7. The number of halogens is 2. The van der Waals surface area contributed by atoms with Crippen LogP contribution in [-0.4, -0.2) is 52.4 Å². The summed E-state index contributed by atoms with van der Waals surface area (Å²) in [6, 6.07) is 4.26. The molecule has 1 saturated carbocycles. The molecular weight excluding hydrogens is 503 g/mol. The Labute approximate surface area is 222 Å². The van der Waals surface area contributed by atoms with Crippen molar-refractivity contribution in [2.24, 2.45) is 5.92 Å². The van der Waals surface area contributed by atoms with Gasteiger partial charge >= 0.3 is 0 Å². The minimum Gasteiger partial charge on any atom is -0.458 e. The number of aliphatic hydroxyl groups is 1. The monoisotopic (exact) mass is 536 g/mol. The van der Waals surface area contributed by atoms with Crippen LogP contribution in [0.3, 0.4) is 0 Å². The fraction of sp³-hybridized carbons (Fsp3) is 0.500. The summed E-state index contributed by atoms with van der Waals surface area (Å²) < 4.78 is 5.85. The second kappa shape index (κ2) is 12.6. The number of ether oxygens (including phenoxy) is 1. The Bertz CT molecular complexity index is 1030. The van der Waals surface area contributed by atoms with Crippen LogP contribution in [0, 0.1) is 11.3 Å². The molecule has 0 saturated heterocycles. The zero-order valence-corrected chi connectivity index (χ0v) is 22.2. The van der Waals surface area contributed by atoms with Gasteiger partial charge in [-0.3, -0.25) is 15.0 Å². The molecule has 1 heterocycles. The molecule has 1 atom stereocenters. The molecule has 0 unspecified atom stereocenters. The third-order valence-corrected chi connectivity index (χ3v) is 6.97. The number of hydrogen-bond donors (Lipinski definition) is 4. The number of nitrogens with one attached hydrogen (secondary N) is 3. The van der Waals surface area contributed by atoms with Gasteiger partial charge in [0.25, 0.3) is 5.91 Å². The van der Waals surface area contributed by atoms with E-state index in [1.165, 1.54) is 29.7 Å². The second-order valence-electron chi connectivity index (χ2n) is 9.92. The van der Waals surface area contributed by atoms with Crippen molar-refractivity contribution in [3.8, 4) is 5.75 Å². The number of amidine groups is 1. The minimum atomic E-state index is -0.904. The normalized spacial score (nSPS) is 17.8. The van der Waals surface area contributed by atoms with Crippen LogP contribution in [-0.2, 0) is 9.59 Å². The number of amides is 2. The smallest absolute Gasteiger partial charge is 0.251 e. The van der Waals surface area contributed by atoms with Gasteiger partial charge in [-0.1, -0.05) is 61.4 Å². The van der Waals surface area contributed by atoms with Crippen LogP contribution in [0.5, 0.6) is 5.75 Å². The lowest BCUT2D eigenvalue weighted by molar-refractivity contribution is -0.135. The summed E-state index contributed by atoms with van der Waals surface area (Å²) in [6.45, 7) is 3.73. The third-order valence-electron chi connectivity index (χ3n) is 6.17. The van der Waals surface area contributed by atoms with Crippen molar-refractivity contribution in [3.05, 3.63) is 52.4 Å². The minimum absolute atomic E-state index is 0.112. The SMILES string of the molecule is CC(C)(O)CN/C=C\C(=N)NC(=O)[C@H](CC1CCCCC1)N1CC(Oc2cccc(Cl)c2Cl)=CC1=O. The van der Waals surface area contributed by atoms with Gasteiger partial charge in [-0.05, 0) is 44.4 Å². The van der Waals surface area contributed by atoms with Crippen molar-refractivity contribution in [2.75, 3.05) is 13.1 Å². The van der Waals surface area contributed by atoms with Gasteiger partial charge in [-0.25, -0.2) is 0 Å². The Morgan fingerprint density at radius 2 is 2.03 bits per heavy atom. The Hall–Kier alpha value is -2.55. The first-order chi connectivity index (χ1) is 17.0. The van der Waals surface area contributed by atoms with E-state index in [1.54, 1.807) is 32.0 Å². The fourth-order valence-corrected chi connectivity index (χ4v) is 4.70. The summed E-state index contributed by atoms with van der Waals surface area (Å²) in [5, 5.41) is 24.0. The Morgan fingerprint density at radius 1 is 1.31 bits per heavy atom. The zero-order valence-electron chi connectivity index (χ0n) is 20.7. The molecule has 1 fully saturated rings. The van der Waals surface area contributed by atoms with E-state index in [2.05, 4.69) is 10.6 Å². The number of carbonyl (C=O) groups excluding carboxylic acids is 2. The Morgan fingerprint density at radius 3 is 2.72 bits per heavy atom. The molecule has 1 aliphatic heterocycles. The molecule has 8 nitrogen and oxygen atoms in total. The lowest BCUT2D eigenvalue weighted by Gasteiger charge is -2.31. The Balaban J connectivity index is 1.68. The molecule has 36 heavy (non-hydrogen) atoms. The highest BCUT2D eigenvalue weighted by molar-refractivity contribution is 6.42. The Kier molecular flexibility index (Phi) is 9.82. The summed E-state index contributed by atoms with van der Waals surface area (Å²) in [6.07, 6.45) is 10.2. The van der Waals surface area contributed by atoms with Crippen LogP contribution in [0.25, 0.3) is 0 Å². The van der Waals surface area contributed by atoms with Crippen LogP contribution in [0.4, 0.5) is 0 Å². The first-order valence-electron chi connectivity index (χ1n) is 12.2. The molecule has 1 aromatic carbocycles. The van der Waals surface area contributed by atoms with Gasteiger partial charge in [0, 0.05) is 18.8 Å². The molecule has 10 heteroatoms. The van der Waals surface area contributed by atoms with Crippen LogP contribution in [0.15, 0.2) is 42.3 Å². The average molecular weight is 537 g/mol. The van der Waals surface area contributed by atoms with Crippen molar-refractivity contribution in [1.82, 2.24) is 15.5 Å². The summed E-state index contributed by atoms with van der Waals surface area (Å²) in [7, 11) is 0. The zero-order chi connectivity index (χ0) is 26.3. The molecule has 0 radical (unpaired) electrons. The molecule has 2 aliphatic rings. The molecule has 4 N–H and O–H groups in total. The van der Waals surface area contributed by atoms with E-state index in [0.717, 1.165) is 25.7 Å². The van der Waals surface area contributed by atoms with Gasteiger partial charge in [0.2, 0.25) is 5.91 Å². The van der Waals surface area contributed by atoms with Crippen molar-refractivity contribution in [3.63, 3.8) is 0 Å². The summed E-state index contributed by atoms with van der Waals surface area (Å²) in [5.41, 5.74) is -0.904. The maximum Gasteiger partial charge on any atom is 0.251 e. The predicted molar refractivity (Wildman–Crippen MR) is 141 cm³/mol. The maximum absolute atomic E-state index is 13.3. The van der Waals surface area contributed by atoms with Gasteiger partial charge in [0.05, 0.1) is 17.2 Å². The molecule has 3 rings (SSSR count). The van der Waals surface area contributed by atoms with E-state index in [9.17, 15) is 14.7 Å². The van der Waals surface area contributed by atoms with Crippen molar-refractivity contribution in [2.45, 2.75) is 64.0 Å². The maximum atomic E-state index is 13.3. The van der Waals surface area contributed by atoms with Gasteiger partial charge < -0.3 is 25.4 Å². The van der Waals surface area contributed by atoms with E-state index in [-0.39, 0.29) is 23.3 Å². The number of benzene rings is 1. The first-order valence-corrected chi connectivity index (χ1v) is 12.9. The summed E-state index contributed by atoms with van der Waals surface area (Å²) in [4.78, 5) is 27.7. The first kappa shape index (κ1) is 28.0. The van der Waals surface area contributed by atoms with E-state index < -0.39 is 17.6 Å². The van der Waals surface area contributed by atoms with E-state index in [0.29, 0.717) is 35.4 Å². The number of carbonyl (C=O) groups is 2. The van der Waals surface area contributed by atoms with Crippen molar-refractivity contribution >= 4 is 40.9 Å². The quantitative estimate of drug-likeness (QED) is 0.261. The molecule has 0 aromatic heterocycles. The highest BCUT2D eigenvalue weighted by atomic mass is 35.5. The van der Waals surface area contributed by atoms with E-state index in [4.69, 9.17) is 33.3 Å². The number of rotatable bonds is 10. The topological polar surface area (TPSA) is 115 Å². The summed E-state index contributed by atoms with van der Waals surface area (Å²) >= 11 is 12.3. The van der Waals surface area contributed by atoms with Gasteiger partial charge in [0.1, 0.15) is 28.4 Å². The lowest BCUT2D eigenvalue weighted by Crippen LogP contribution is -2.50.